The Morgan fingerprint density at radius 2 is 2.04 bits per heavy atom. The van der Waals surface area contributed by atoms with Gasteiger partial charge in [-0.25, -0.2) is 4.79 Å². The van der Waals surface area contributed by atoms with E-state index in [9.17, 15) is 22.8 Å². The second kappa shape index (κ2) is 7.20. The monoisotopic (exact) mass is 360 g/mol. The number of halogens is 3. The summed E-state index contributed by atoms with van der Waals surface area (Å²) in [7, 11) is 1.48. The van der Waals surface area contributed by atoms with Gasteiger partial charge in [0.2, 0.25) is 0 Å². The molecule has 0 aliphatic carbocycles. The highest BCUT2D eigenvalue weighted by Gasteiger charge is 2.53. The van der Waals surface area contributed by atoms with Crippen LogP contribution in [-0.4, -0.2) is 48.4 Å². The van der Waals surface area contributed by atoms with E-state index >= 15 is 0 Å². The van der Waals surface area contributed by atoms with Crippen molar-refractivity contribution in [2.75, 3.05) is 20.2 Å². The Morgan fingerprint density at radius 3 is 2.56 bits per heavy atom. The van der Waals surface area contributed by atoms with Crippen molar-refractivity contribution in [1.29, 1.82) is 0 Å². The van der Waals surface area contributed by atoms with Crippen molar-refractivity contribution in [1.82, 2.24) is 10.2 Å². The van der Waals surface area contributed by atoms with Gasteiger partial charge in [0.15, 0.2) is 0 Å². The third-order valence-electron chi connectivity index (χ3n) is 4.22. The first-order valence-corrected chi connectivity index (χ1v) is 7.59. The maximum Gasteiger partial charge on any atom is 0.394 e. The molecule has 1 aromatic carbocycles. The van der Waals surface area contributed by atoms with Gasteiger partial charge in [-0.15, -0.1) is 0 Å². The largest absolute Gasteiger partial charge is 0.496 e. The van der Waals surface area contributed by atoms with Crippen LogP contribution in [0.4, 0.5) is 18.0 Å². The lowest BCUT2D eigenvalue weighted by Gasteiger charge is -2.19. The van der Waals surface area contributed by atoms with Gasteiger partial charge in [0, 0.05) is 25.2 Å². The van der Waals surface area contributed by atoms with Crippen molar-refractivity contribution in [3.05, 3.63) is 29.3 Å². The molecular formula is C16H19F3N2O4. The predicted molar refractivity (Wildman–Crippen MR) is 82.2 cm³/mol. The molecule has 0 aromatic heterocycles. The molecule has 1 aliphatic rings. The number of ether oxygens (including phenoxy) is 1. The number of nitrogens with zero attached hydrogens (tertiary/aromatic N) is 1. The van der Waals surface area contributed by atoms with Gasteiger partial charge in [0.1, 0.15) is 5.75 Å². The van der Waals surface area contributed by atoms with Crippen LogP contribution in [0.5, 0.6) is 5.75 Å². The molecule has 0 saturated carbocycles. The molecule has 138 valence electrons. The molecule has 1 aliphatic heterocycles. The normalized spacial score (nSPS) is 20.4. The van der Waals surface area contributed by atoms with E-state index in [4.69, 9.17) is 9.84 Å². The topological polar surface area (TPSA) is 78.9 Å². The highest BCUT2D eigenvalue weighted by molar-refractivity contribution is 5.77. The van der Waals surface area contributed by atoms with Gasteiger partial charge in [-0.3, -0.25) is 4.79 Å². The number of nitrogens with one attached hydrogen (secondary N) is 1. The van der Waals surface area contributed by atoms with Gasteiger partial charge >= 0.3 is 18.2 Å². The van der Waals surface area contributed by atoms with E-state index < -0.39 is 43.1 Å². The van der Waals surface area contributed by atoms with Crippen LogP contribution in [0, 0.1) is 18.8 Å². The molecule has 2 atom stereocenters. The van der Waals surface area contributed by atoms with Crippen molar-refractivity contribution in [3.8, 4) is 5.75 Å². The predicted octanol–water partition coefficient (Wildman–Crippen LogP) is 2.41. The molecule has 1 fully saturated rings. The summed E-state index contributed by atoms with van der Waals surface area (Å²) >= 11 is 0. The SMILES string of the molecule is COc1cc(C)ccc1CNC(=O)N1C[C@@H](C(F)(F)F)[C@H](C(=O)O)C1. The third-order valence-corrected chi connectivity index (χ3v) is 4.22. The standard InChI is InChI=1S/C16H19F3N2O4/c1-9-3-4-10(13(5-9)25-2)6-20-15(24)21-7-11(14(22)23)12(8-21)16(17,18)19/h3-5,11-12H,6-8H2,1-2H3,(H,20,24)(H,22,23)/t11-,12-/m1/s1. The van der Waals surface area contributed by atoms with E-state index in [0.29, 0.717) is 11.3 Å². The average molecular weight is 360 g/mol. The van der Waals surface area contributed by atoms with E-state index in [0.717, 1.165) is 10.5 Å². The van der Waals surface area contributed by atoms with Crippen LogP contribution in [0.25, 0.3) is 0 Å². The number of carboxylic acids is 1. The van der Waals surface area contributed by atoms with Gasteiger partial charge in [-0.1, -0.05) is 12.1 Å². The maximum atomic E-state index is 13.0. The number of aryl methyl sites for hydroxylation is 1. The zero-order chi connectivity index (χ0) is 18.8. The number of carbonyl (C=O) groups excluding carboxylic acids is 1. The van der Waals surface area contributed by atoms with Crippen molar-refractivity contribution in [2.45, 2.75) is 19.6 Å². The summed E-state index contributed by atoms with van der Waals surface area (Å²) < 4.78 is 44.1. The Morgan fingerprint density at radius 1 is 1.36 bits per heavy atom. The van der Waals surface area contributed by atoms with Crippen LogP contribution in [-0.2, 0) is 11.3 Å². The fourth-order valence-electron chi connectivity index (χ4n) is 2.83. The second-order valence-electron chi connectivity index (χ2n) is 5.97. The zero-order valence-electron chi connectivity index (χ0n) is 13.8. The first-order valence-electron chi connectivity index (χ1n) is 7.59. The fourth-order valence-corrected chi connectivity index (χ4v) is 2.83. The second-order valence-corrected chi connectivity index (χ2v) is 5.97. The Labute approximate surface area is 142 Å². The van der Waals surface area contributed by atoms with Crippen molar-refractivity contribution >= 4 is 12.0 Å². The maximum absolute atomic E-state index is 13.0. The summed E-state index contributed by atoms with van der Waals surface area (Å²) in [5.41, 5.74) is 1.63. The fraction of sp³-hybridized carbons (Fsp3) is 0.500. The van der Waals surface area contributed by atoms with E-state index in [-0.39, 0.29) is 6.54 Å². The molecule has 2 amide bonds. The van der Waals surface area contributed by atoms with Crippen LogP contribution in [0.3, 0.4) is 0 Å². The highest BCUT2D eigenvalue weighted by Crippen LogP contribution is 2.37. The highest BCUT2D eigenvalue weighted by atomic mass is 19.4. The summed E-state index contributed by atoms with van der Waals surface area (Å²) in [6.45, 7) is 0.791. The zero-order valence-corrected chi connectivity index (χ0v) is 13.8. The minimum absolute atomic E-state index is 0.0627. The number of urea groups is 1. The van der Waals surface area contributed by atoms with Gasteiger partial charge in [-0.05, 0) is 18.6 Å². The van der Waals surface area contributed by atoms with Gasteiger partial charge < -0.3 is 20.1 Å². The Bertz CT molecular complexity index is 663. The van der Waals surface area contributed by atoms with Crippen LogP contribution < -0.4 is 10.1 Å². The number of methoxy groups -OCH3 is 1. The minimum Gasteiger partial charge on any atom is -0.496 e. The quantitative estimate of drug-likeness (QED) is 0.864. The number of carboxylic acid groups (broad SMARTS) is 1. The molecule has 0 unspecified atom stereocenters. The number of carbonyl (C=O) groups is 2. The Balaban J connectivity index is 2.03. The molecule has 9 heteroatoms. The van der Waals surface area contributed by atoms with Gasteiger partial charge in [0.25, 0.3) is 0 Å². The molecule has 25 heavy (non-hydrogen) atoms. The molecule has 1 saturated heterocycles. The first kappa shape index (κ1) is 18.9. The molecule has 1 heterocycles. The van der Waals surface area contributed by atoms with Crippen LogP contribution in [0.2, 0.25) is 0 Å². The number of hydrogen-bond acceptors (Lipinski definition) is 3. The molecule has 0 bridgehead atoms. The Hall–Kier alpha value is -2.45. The molecule has 6 nitrogen and oxygen atoms in total. The van der Waals surface area contributed by atoms with E-state index in [2.05, 4.69) is 5.32 Å². The molecule has 2 rings (SSSR count). The number of rotatable bonds is 4. The minimum atomic E-state index is -4.67. The summed E-state index contributed by atoms with van der Waals surface area (Å²) in [6, 6.07) is 4.61. The summed E-state index contributed by atoms with van der Waals surface area (Å²) in [6.07, 6.45) is -4.67. The van der Waals surface area contributed by atoms with Crippen LogP contribution in [0.15, 0.2) is 18.2 Å². The van der Waals surface area contributed by atoms with E-state index in [1.54, 1.807) is 12.1 Å². The van der Waals surface area contributed by atoms with E-state index in [1.807, 2.05) is 13.0 Å². The Kier molecular flexibility index (Phi) is 5.44. The van der Waals surface area contributed by atoms with Crippen molar-refractivity contribution in [3.63, 3.8) is 0 Å². The average Bonchev–Trinajstić information content (AvgIpc) is 2.99. The lowest BCUT2D eigenvalue weighted by Crippen LogP contribution is -2.39. The van der Waals surface area contributed by atoms with Gasteiger partial charge in [0.05, 0.1) is 18.9 Å². The first-order chi connectivity index (χ1) is 11.6. The third kappa shape index (κ3) is 4.34. The van der Waals surface area contributed by atoms with Gasteiger partial charge in [-0.2, -0.15) is 13.2 Å². The number of amides is 2. The van der Waals surface area contributed by atoms with Crippen LogP contribution in [0.1, 0.15) is 11.1 Å². The molecule has 0 radical (unpaired) electrons. The van der Waals surface area contributed by atoms with Crippen molar-refractivity contribution in [2.24, 2.45) is 11.8 Å². The number of likely N-dealkylation sites (tertiary alicyclic amines) is 1. The molecular weight excluding hydrogens is 341 g/mol. The van der Waals surface area contributed by atoms with Crippen molar-refractivity contribution < 1.29 is 32.6 Å². The molecule has 2 N–H and O–H groups in total. The number of hydrogen-bond donors (Lipinski definition) is 2. The number of benzene rings is 1. The number of alkyl halides is 3. The molecule has 0 spiro atoms. The number of aliphatic carboxylic acids is 1. The summed E-state index contributed by atoms with van der Waals surface area (Å²) in [5, 5.41) is 11.5. The van der Waals surface area contributed by atoms with E-state index in [1.165, 1.54) is 7.11 Å². The van der Waals surface area contributed by atoms with Crippen LogP contribution >= 0.6 is 0 Å². The lowest BCUT2D eigenvalue weighted by molar-refractivity contribution is -0.187. The summed E-state index contributed by atoms with van der Waals surface area (Å²) in [5.74, 6) is -4.72. The lowest BCUT2D eigenvalue weighted by atomic mass is 9.96. The smallest absolute Gasteiger partial charge is 0.394 e. The summed E-state index contributed by atoms with van der Waals surface area (Å²) in [4.78, 5) is 24.1. The molecule has 1 aromatic rings.